The van der Waals surface area contributed by atoms with Gasteiger partial charge >= 0.3 is 0 Å². The van der Waals surface area contributed by atoms with Crippen LogP contribution < -0.4 is 10.1 Å². The van der Waals surface area contributed by atoms with Gasteiger partial charge in [-0.2, -0.15) is 4.31 Å². The van der Waals surface area contributed by atoms with Gasteiger partial charge in [-0.05, 0) is 43.5 Å². The second kappa shape index (κ2) is 9.17. The van der Waals surface area contributed by atoms with Gasteiger partial charge in [0.05, 0.1) is 17.9 Å². The summed E-state index contributed by atoms with van der Waals surface area (Å²) in [6, 6.07) is 6.30. The smallest absolute Gasteiger partial charge is 0.243 e. The molecule has 1 saturated heterocycles. The van der Waals surface area contributed by atoms with E-state index in [1.807, 2.05) is 0 Å². The van der Waals surface area contributed by atoms with Crippen molar-refractivity contribution in [3.63, 3.8) is 0 Å². The number of nitrogens with one attached hydrogen (secondary N) is 1. The van der Waals surface area contributed by atoms with Crippen LogP contribution in [0.3, 0.4) is 0 Å². The maximum Gasteiger partial charge on any atom is 0.243 e. The Morgan fingerprint density at radius 1 is 1.28 bits per heavy atom. The van der Waals surface area contributed by atoms with Gasteiger partial charge in [0, 0.05) is 33.4 Å². The Morgan fingerprint density at radius 3 is 2.64 bits per heavy atom. The highest BCUT2D eigenvalue weighted by Crippen LogP contribution is 2.25. The summed E-state index contributed by atoms with van der Waals surface area (Å²) in [6.45, 7) is 1.77. The molecule has 1 atom stereocenters. The molecule has 0 spiro atoms. The zero-order valence-corrected chi connectivity index (χ0v) is 15.5. The lowest BCUT2D eigenvalue weighted by Crippen LogP contribution is -2.45. The molecule has 1 heterocycles. The molecule has 0 saturated carbocycles. The van der Waals surface area contributed by atoms with Gasteiger partial charge in [-0.25, -0.2) is 8.42 Å². The van der Waals surface area contributed by atoms with Gasteiger partial charge in [-0.15, -0.1) is 0 Å². The first-order chi connectivity index (χ1) is 12.0. The van der Waals surface area contributed by atoms with Crippen LogP contribution in [0.25, 0.3) is 0 Å². The van der Waals surface area contributed by atoms with Gasteiger partial charge < -0.3 is 14.8 Å². The molecule has 0 aromatic heterocycles. The summed E-state index contributed by atoms with van der Waals surface area (Å²) in [5.41, 5.74) is 0. The Labute approximate surface area is 149 Å². The molecule has 1 aliphatic rings. The van der Waals surface area contributed by atoms with Gasteiger partial charge in [0.1, 0.15) is 5.75 Å². The number of piperidine rings is 1. The second-order valence-corrected chi connectivity index (χ2v) is 7.95. The molecule has 25 heavy (non-hydrogen) atoms. The third kappa shape index (κ3) is 5.17. The second-order valence-electron chi connectivity index (χ2n) is 6.02. The fraction of sp³-hybridized carbons (Fsp3) is 0.588. The summed E-state index contributed by atoms with van der Waals surface area (Å²) in [7, 11) is -0.457. The van der Waals surface area contributed by atoms with Crippen LogP contribution in [0, 0.1) is 5.92 Å². The summed E-state index contributed by atoms with van der Waals surface area (Å²) in [4.78, 5) is 12.5. The van der Waals surface area contributed by atoms with Crippen molar-refractivity contribution in [3.8, 4) is 5.75 Å². The lowest BCUT2D eigenvalue weighted by molar-refractivity contribution is -0.126. The van der Waals surface area contributed by atoms with Crippen LogP contribution in [0.5, 0.6) is 5.75 Å². The van der Waals surface area contributed by atoms with Gasteiger partial charge in [-0.3, -0.25) is 4.79 Å². The van der Waals surface area contributed by atoms with Crippen molar-refractivity contribution in [2.75, 3.05) is 40.5 Å². The topological polar surface area (TPSA) is 84.9 Å². The maximum atomic E-state index is 12.8. The standard InChI is InChI=1S/C17H26N2O5S/c1-23-12-4-10-18-17(20)14-5-3-11-19(13-14)25(21,22)16-8-6-15(24-2)7-9-16/h6-9,14H,3-5,10-13H2,1-2H3,(H,18,20)/t14-/m1/s1. The molecule has 1 aromatic carbocycles. The zero-order chi connectivity index (χ0) is 18.3. The third-order valence-electron chi connectivity index (χ3n) is 4.28. The summed E-state index contributed by atoms with van der Waals surface area (Å²) in [6.07, 6.45) is 2.11. The van der Waals surface area contributed by atoms with E-state index in [4.69, 9.17) is 9.47 Å². The Hall–Kier alpha value is -1.64. The van der Waals surface area contributed by atoms with E-state index in [9.17, 15) is 13.2 Å². The van der Waals surface area contributed by atoms with E-state index in [-0.39, 0.29) is 23.3 Å². The highest BCUT2D eigenvalue weighted by Gasteiger charge is 2.33. The average molecular weight is 370 g/mol. The van der Waals surface area contributed by atoms with Crippen LogP contribution in [0.4, 0.5) is 0 Å². The number of sulfonamides is 1. The fourth-order valence-electron chi connectivity index (χ4n) is 2.84. The van der Waals surface area contributed by atoms with E-state index in [2.05, 4.69) is 5.32 Å². The molecular weight excluding hydrogens is 344 g/mol. The molecule has 2 rings (SSSR count). The highest BCUT2D eigenvalue weighted by atomic mass is 32.2. The average Bonchev–Trinajstić information content (AvgIpc) is 2.65. The normalized spacial score (nSPS) is 18.7. The number of methoxy groups -OCH3 is 2. The number of hydrogen-bond acceptors (Lipinski definition) is 5. The van der Waals surface area contributed by atoms with Crippen LogP contribution in [0.2, 0.25) is 0 Å². The van der Waals surface area contributed by atoms with Gasteiger partial charge in [-0.1, -0.05) is 0 Å². The van der Waals surface area contributed by atoms with Crippen LogP contribution in [0.15, 0.2) is 29.2 Å². The van der Waals surface area contributed by atoms with Crippen molar-refractivity contribution in [3.05, 3.63) is 24.3 Å². The molecule has 7 nitrogen and oxygen atoms in total. The summed E-state index contributed by atoms with van der Waals surface area (Å²) >= 11 is 0. The lowest BCUT2D eigenvalue weighted by Gasteiger charge is -2.31. The van der Waals surface area contributed by atoms with E-state index in [1.165, 1.54) is 23.5 Å². The molecule has 0 aliphatic carbocycles. The van der Waals surface area contributed by atoms with E-state index in [0.29, 0.717) is 38.3 Å². The number of carbonyl (C=O) groups is 1. The molecule has 1 amide bonds. The fourth-order valence-corrected chi connectivity index (χ4v) is 4.37. The van der Waals surface area contributed by atoms with E-state index in [1.54, 1.807) is 19.2 Å². The minimum Gasteiger partial charge on any atom is -0.497 e. The molecule has 0 bridgehead atoms. The van der Waals surface area contributed by atoms with E-state index in [0.717, 1.165) is 6.42 Å². The summed E-state index contributed by atoms with van der Waals surface area (Å²) in [5.74, 6) is 0.195. The SMILES string of the molecule is COCCCNC(=O)[C@@H]1CCCN(S(=O)(=O)c2ccc(OC)cc2)C1. The lowest BCUT2D eigenvalue weighted by atomic mass is 9.99. The van der Waals surface area contributed by atoms with Crippen LogP contribution in [-0.2, 0) is 19.6 Å². The monoisotopic (exact) mass is 370 g/mol. The molecule has 0 radical (unpaired) electrons. The zero-order valence-electron chi connectivity index (χ0n) is 14.7. The molecule has 0 unspecified atom stereocenters. The van der Waals surface area contributed by atoms with Crippen molar-refractivity contribution in [2.24, 2.45) is 5.92 Å². The first-order valence-corrected chi connectivity index (χ1v) is 9.84. The predicted octanol–water partition coefficient (Wildman–Crippen LogP) is 1.25. The summed E-state index contributed by atoms with van der Waals surface area (Å²) < 4.78 is 37.0. The minimum atomic E-state index is -3.60. The largest absolute Gasteiger partial charge is 0.497 e. The molecule has 1 fully saturated rings. The van der Waals surface area contributed by atoms with Crippen LogP contribution in [0.1, 0.15) is 19.3 Å². The quantitative estimate of drug-likeness (QED) is 0.696. The molecule has 1 N–H and O–H groups in total. The maximum absolute atomic E-state index is 12.8. The van der Waals surface area contributed by atoms with Gasteiger partial charge in [0.15, 0.2) is 0 Å². The van der Waals surface area contributed by atoms with Gasteiger partial charge in [0.25, 0.3) is 0 Å². The molecule has 1 aromatic rings. The Balaban J connectivity index is 2.00. The minimum absolute atomic E-state index is 0.0919. The molecule has 140 valence electrons. The highest BCUT2D eigenvalue weighted by molar-refractivity contribution is 7.89. The van der Waals surface area contributed by atoms with Crippen molar-refractivity contribution in [2.45, 2.75) is 24.2 Å². The number of amides is 1. The van der Waals surface area contributed by atoms with Crippen molar-refractivity contribution >= 4 is 15.9 Å². The van der Waals surface area contributed by atoms with Gasteiger partial charge in [0.2, 0.25) is 15.9 Å². The van der Waals surface area contributed by atoms with E-state index < -0.39 is 10.0 Å². The first kappa shape index (κ1) is 19.7. The molecule has 1 aliphatic heterocycles. The number of benzene rings is 1. The number of carbonyl (C=O) groups excluding carboxylic acids is 1. The van der Waals surface area contributed by atoms with Crippen LogP contribution in [-0.4, -0.2) is 59.1 Å². The number of hydrogen-bond donors (Lipinski definition) is 1. The van der Waals surface area contributed by atoms with E-state index >= 15 is 0 Å². The van der Waals surface area contributed by atoms with Crippen LogP contribution >= 0.6 is 0 Å². The Morgan fingerprint density at radius 2 is 2.00 bits per heavy atom. The predicted molar refractivity (Wildman–Crippen MR) is 94.0 cm³/mol. The third-order valence-corrected chi connectivity index (χ3v) is 6.16. The number of ether oxygens (including phenoxy) is 2. The summed E-state index contributed by atoms with van der Waals surface area (Å²) in [5, 5.41) is 2.86. The Kier molecular flexibility index (Phi) is 7.22. The Bertz CT molecular complexity index is 660. The van der Waals surface area contributed by atoms with Crippen molar-refractivity contribution < 1.29 is 22.7 Å². The molecule has 8 heteroatoms. The number of rotatable bonds is 8. The number of nitrogens with zero attached hydrogens (tertiary/aromatic N) is 1. The molecular formula is C17H26N2O5S. The van der Waals surface area contributed by atoms with Crippen molar-refractivity contribution in [1.29, 1.82) is 0 Å². The first-order valence-electron chi connectivity index (χ1n) is 8.40. The van der Waals surface area contributed by atoms with Crippen molar-refractivity contribution in [1.82, 2.24) is 9.62 Å².